The summed E-state index contributed by atoms with van der Waals surface area (Å²) >= 11 is 0. The molecule has 0 spiro atoms. The van der Waals surface area contributed by atoms with Crippen molar-refractivity contribution in [3.8, 4) is 0 Å². The van der Waals surface area contributed by atoms with Crippen LogP contribution in [0.15, 0.2) is 18.2 Å². The van der Waals surface area contributed by atoms with Gasteiger partial charge < -0.3 is 9.84 Å². The summed E-state index contributed by atoms with van der Waals surface area (Å²) in [5.41, 5.74) is 3.21. The van der Waals surface area contributed by atoms with Crippen molar-refractivity contribution < 1.29 is 18.3 Å². The second-order valence-electron chi connectivity index (χ2n) is 15.8. The van der Waals surface area contributed by atoms with Crippen molar-refractivity contribution in [2.75, 3.05) is 19.7 Å². The number of ether oxygens (including phenoxy) is 1. The second kappa shape index (κ2) is 13.3. The molecule has 43 heavy (non-hydrogen) atoms. The van der Waals surface area contributed by atoms with Crippen LogP contribution in [0.2, 0.25) is 0 Å². The van der Waals surface area contributed by atoms with E-state index in [0.29, 0.717) is 31.3 Å². The van der Waals surface area contributed by atoms with E-state index < -0.39 is 21.9 Å². The van der Waals surface area contributed by atoms with E-state index in [1.807, 2.05) is 6.92 Å². The molecule has 244 valence electrons. The van der Waals surface area contributed by atoms with E-state index >= 15 is 0 Å². The maximum Gasteiger partial charge on any atom is 0.216 e. The molecule has 2 saturated heterocycles. The summed E-state index contributed by atoms with van der Waals surface area (Å²) in [6.45, 7) is 15.7. The van der Waals surface area contributed by atoms with Gasteiger partial charge in [0.1, 0.15) is 12.5 Å². The van der Waals surface area contributed by atoms with E-state index in [4.69, 9.17) is 4.74 Å². The van der Waals surface area contributed by atoms with E-state index in [1.54, 1.807) is 0 Å². The third-order valence-electron chi connectivity index (χ3n) is 10.5. The number of nitrogens with zero attached hydrogens (tertiary/aromatic N) is 1. The molecule has 4 fully saturated rings. The van der Waals surface area contributed by atoms with Crippen LogP contribution in [0.25, 0.3) is 0 Å². The lowest BCUT2D eigenvalue weighted by Crippen LogP contribution is -2.64. The molecule has 5 unspecified atom stereocenters. The number of nitrogens with one attached hydrogen (secondary N) is 3. The Hall–Kier alpha value is -1.07. The van der Waals surface area contributed by atoms with E-state index in [-0.39, 0.29) is 29.0 Å². The number of sulfonamides is 1. The largest absolute Gasteiger partial charge is 0.390 e. The highest BCUT2D eigenvalue weighted by Gasteiger charge is 2.40. The number of fused-ring (bicyclic) bond motifs is 4. The fourth-order valence-corrected chi connectivity index (χ4v) is 9.90. The quantitative estimate of drug-likeness (QED) is 0.373. The molecule has 8 nitrogen and oxygen atoms in total. The predicted molar refractivity (Wildman–Crippen MR) is 173 cm³/mol. The summed E-state index contributed by atoms with van der Waals surface area (Å²) in [5.74, 6) is 0.880. The summed E-state index contributed by atoms with van der Waals surface area (Å²) < 4.78 is 37.5. The van der Waals surface area contributed by atoms with E-state index in [9.17, 15) is 13.5 Å². The molecule has 0 radical (unpaired) electrons. The van der Waals surface area contributed by atoms with Crippen LogP contribution in [-0.4, -0.2) is 67.5 Å². The lowest BCUT2D eigenvalue weighted by molar-refractivity contribution is -0.0560. The van der Waals surface area contributed by atoms with Crippen molar-refractivity contribution in [2.24, 2.45) is 17.3 Å². The zero-order valence-electron chi connectivity index (χ0n) is 27.5. The molecule has 4 N–H and O–H groups in total. The summed E-state index contributed by atoms with van der Waals surface area (Å²) in [6, 6.07) is 6.55. The van der Waals surface area contributed by atoms with Gasteiger partial charge in [-0.2, -0.15) is 4.72 Å². The van der Waals surface area contributed by atoms with Gasteiger partial charge in [0.05, 0.1) is 17.5 Å². The highest BCUT2D eigenvalue weighted by molar-refractivity contribution is 7.90. The average Bonchev–Trinajstić information content (AvgIpc) is 2.91. The van der Waals surface area contributed by atoms with Crippen molar-refractivity contribution in [3.63, 3.8) is 0 Å². The third kappa shape index (κ3) is 8.81. The monoisotopic (exact) mass is 618 g/mol. The van der Waals surface area contributed by atoms with Gasteiger partial charge in [-0.3, -0.25) is 15.5 Å². The molecule has 6 atom stereocenters. The molecule has 2 aliphatic carbocycles. The SMILES string of the molecule is Cc1cccc(C)c1C1CC2NC(N1)NS(=O)(=O)C1CCCC(C1)CN(CC1CCC(C)(O)CC1)[C@H](CC(C)(C)C)CO2. The first-order chi connectivity index (χ1) is 20.2. The van der Waals surface area contributed by atoms with Gasteiger partial charge in [0.2, 0.25) is 10.0 Å². The first-order valence-corrected chi connectivity index (χ1v) is 18.4. The molecule has 9 heteroatoms. The van der Waals surface area contributed by atoms with Crippen LogP contribution >= 0.6 is 0 Å². The topological polar surface area (TPSA) is 103 Å². The minimum absolute atomic E-state index is 0.0309. The standard InChI is InChI=1S/C34H58N4O4S/c1-23-9-7-10-24(2)31(23)29-18-30-36-32(35-29)37-43(40,41)28-12-8-11-26(17-28)21-38(27(22-42-30)19-33(3,4)5)20-25-13-15-34(6,39)16-14-25/h7,9-10,25-30,32,35-37,39H,8,11-22H2,1-6H3/t25?,26?,27-,28?,29?,30?,32?,34?/m1/s1. The van der Waals surface area contributed by atoms with Crippen molar-refractivity contribution in [2.45, 2.75) is 141 Å². The number of aryl methyl sites for hydroxylation is 2. The van der Waals surface area contributed by atoms with Crippen molar-refractivity contribution in [1.29, 1.82) is 0 Å². The normalized spacial score (nSPS) is 38.0. The maximum atomic E-state index is 13.8. The molecule has 2 heterocycles. The van der Waals surface area contributed by atoms with Gasteiger partial charge in [0.15, 0.2) is 0 Å². The minimum Gasteiger partial charge on any atom is -0.390 e. The zero-order chi connectivity index (χ0) is 31.0. The second-order valence-corrected chi connectivity index (χ2v) is 17.8. The summed E-state index contributed by atoms with van der Waals surface area (Å²) in [5, 5.41) is 17.3. The molecule has 4 bridgehead atoms. The predicted octanol–water partition coefficient (Wildman–Crippen LogP) is 5.09. The molecule has 5 rings (SSSR count). The van der Waals surface area contributed by atoms with Crippen LogP contribution in [0.1, 0.15) is 115 Å². The number of hydrogen-bond acceptors (Lipinski definition) is 7. The Morgan fingerprint density at radius 3 is 2.42 bits per heavy atom. The van der Waals surface area contributed by atoms with Crippen LogP contribution in [0.5, 0.6) is 0 Å². The highest BCUT2D eigenvalue weighted by atomic mass is 32.2. The molecule has 2 saturated carbocycles. The fraction of sp³-hybridized carbons (Fsp3) is 0.824. The van der Waals surface area contributed by atoms with Gasteiger partial charge >= 0.3 is 0 Å². The van der Waals surface area contributed by atoms with Crippen LogP contribution in [0.3, 0.4) is 0 Å². The van der Waals surface area contributed by atoms with Crippen molar-refractivity contribution >= 4 is 10.0 Å². The van der Waals surface area contributed by atoms with Crippen molar-refractivity contribution in [1.82, 2.24) is 20.3 Å². The zero-order valence-corrected chi connectivity index (χ0v) is 28.3. The van der Waals surface area contributed by atoms with Crippen LogP contribution in [0, 0.1) is 31.1 Å². The Morgan fingerprint density at radius 2 is 1.74 bits per heavy atom. The molecular weight excluding hydrogens is 560 g/mol. The Kier molecular flexibility index (Phi) is 10.3. The Labute approximate surface area is 261 Å². The summed E-state index contributed by atoms with van der Waals surface area (Å²) in [4.78, 5) is 2.67. The number of aliphatic hydroxyl groups is 1. The fourth-order valence-electron chi connectivity index (χ4n) is 8.24. The smallest absolute Gasteiger partial charge is 0.216 e. The lowest BCUT2D eigenvalue weighted by atomic mass is 9.79. The summed E-state index contributed by atoms with van der Waals surface area (Å²) in [7, 11) is -3.55. The third-order valence-corrected chi connectivity index (χ3v) is 12.4. The van der Waals surface area contributed by atoms with Crippen LogP contribution in [-0.2, 0) is 14.8 Å². The van der Waals surface area contributed by atoms with Gasteiger partial charge in [-0.25, -0.2) is 8.42 Å². The molecule has 1 aromatic rings. The highest BCUT2D eigenvalue weighted by Crippen LogP contribution is 2.36. The lowest BCUT2D eigenvalue weighted by Gasteiger charge is -2.43. The minimum atomic E-state index is -3.55. The number of rotatable bonds is 4. The van der Waals surface area contributed by atoms with Gasteiger partial charge in [0, 0.05) is 31.6 Å². The average molecular weight is 619 g/mol. The molecular formula is C34H58N4O4S. The first kappa shape index (κ1) is 33.3. The molecule has 0 amide bonds. The molecule has 4 aliphatic rings. The van der Waals surface area contributed by atoms with Crippen molar-refractivity contribution in [3.05, 3.63) is 34.9 Å². The van der Waals surface area contributed by atoms with Gasteiger partial charge in [0.25, 0.3) is 0 Å². The number of benzene rings is 1. The molecule has 2 aliphatic heterocycles. The number of hydrogen-bond donors (Lipinski definition) is 4. The molecule has 0 aromatic heterocycles. The van der Waals surface area contributed by atoms with E-state index in [1.165, 1.54) is 16.7 Å². The van der Waals surface area contributed by atoms with Gasteiger partial charge in [-0.1, -0.05) is 45.4 Å². The van der Waals surface area contributed by atoms with Gasteiger partial charge in [-0.05, 0) is 106 Å². The Morgan fingerprint density at radius 1 is 1.05 bits per heavy atom. The summed E-state index contributed by atoms with van der Waals surface area (Å²) in [6.07, 6.45) is 8.04. The van der Waals surface area contributed by atoms with E-state index in [2.05, 4.69) is 73.1 Å². The Bertz CT molecular complexity index is 1170. The maximum absolute atomic E-state index is 13.8. The van der Waals surface area contributed by atoms with E-state index in [0.717, 1.165) is 64.5 Å². The Balaban J connectivity index is 1.46. The van der Waals surface area contributed by atoms with Gasteiger partial charge in [-0.15, -0.1) is 0 Å². The molecule has 1 aromatic carbocycles. The van der Waals surface area contributed by atoms with Crippen LogP contribution in [0.4, 0.5) is 0 Å². The first-order valence-electron chi connectivity index (χ1n) is 16.8. The van der Waals surface area contributed by atoms with Crippen LogP contribution < -0.4 is 15.4 Å².